The summed E-state index contributed by atoms with van der Waals surface area (Å²) in [5.74, 6) is -0.246. The Balaban J connectivity index is 2.04. The van der Waals surface area contributed by atoms with Crippen molar-refractivity contribution in [1.82, 2.24) is 19.2 Å². The van der Waals surface area contributed by atoms with Crippen LogP contribution in [0.2, 0.25) is 5.02 Å². The molecule has 0 saturated carbocycles. The van der Waals surface area contributed by atoms with E-state index in [1.807, 2.05) is 0 Å². The predicted octanol–water partition coefficient (Wildman–Crippen LogP) is 1.55. The normalized spacial score (nSPS) is 19.9. The first-order valence-electron chi connectivity index (χ1n) is 7.06. The first kappa shape index (κ1) is 16.4. The average Bonchev–Trinajstić information content (AvgIpc) is 2.93. The number of imidazole rings is 1. The van der Waals surface area contributed by atoms with Gasteiger partial charge in [0, 0.05) is 44.1 Å². The third kappa shape index (κ3) is 2.99. The van der Waals surface area contributed by atoms with Gasteiger partial charge in [0.05, 0.1) is 6.04 Å². The van der Waals surface area contributed by atoms with E-state index in [4.69, 9.17) is 11.6 Å². The number of aromatic nitrogens is 2. The van der Waals surface area contributed by atoms with Crippen LogP contribution in [0, 0.1) is 5.82 Å². The Labute approximate surface area is 138 Å². The predicted molar refractivity (Wildman–Crippen MR) is 84.1 cm³/mol. The fourth-order valence-electron chi connectivity index (χ4n) is 2.70. The lowest BCUT2D eigenvalue weighted by molar-refractivity contribution is 0.257. The molecule has 0 amide bonds. The second-order valence-electron chi connectivity index (χ2n) is 5.31. The van der Waals surface area contributed by atoms with Gasteiger partial charge in [0.25, 0.3) is 0 Å². The summed E-state index contributed by atoms with van der Waals surface area (Å²) in [5.41, 5.74) is 0. The molecule has 1 aromatic carbocycles. The molecule has 1 aliphatic heterocycles. The van der Waals surface area contributed by atoms with Crippen molar-refractivity contribution in [3.8, 4) is 0 Å². The summed E-state index contributed by atoms with van der Waals surface area (Å²) in [5, 5.41) is 3.31. The van der Waals surface area contributed by atoms with E-state index in [2.05, 4.69) is 10.3 Å². The van der Waals surface area contributed by atoms with Gasteiger partial charge in [-0.2, -0.15) is 4.31 Å². The molecule has 2 aromatic rings. The molecule has 1 aliphatic rings. The molecule has 1 atom stereocenters. The second kappa shape index (κ2) is 6.20. The summed E-state index contributed by atoms with van der Waals surface area (Å²) in [7, 11) is -2.20. The smallest absolute Gasteiger partial charge is 0.246 e. The van der Waals surface area contributed by atoms with Gasteiger partial charge < -0.3 is 9.88 Å². The summed E-state index contributed by atoms with van der Waals surface area (Å²) >= 11 is 5.71. The van der Waals surface area contributed by atoms with Crippen LogP contribution < -0.4 is 5.32 Å². The number of benzene rings is 1. The van der Waals surface area contributed by atoms with E-state index in [1.165, 1.54) is 16.4 Å². The van der Waals surface area contributed by atoms with Crippen molar-refractivity contribution in [2.45, 2.75) is 10.9 Å². The van der Waals surface area contributed by atoms with E-state index in [-0.39, 0.29) is 16.5 Å². The van der Waals surface area contributed by atoms with E-state index in [0.717, 1.165) is 6.07 Å². The van der Waals surface area contributed by atoms with E-state index in [9.17, 15) is 12.8 Å². The van der Waals surface area contributed by atoms with E-state index < -0.39 is 21.9 Å². The lowest BCUT2D eigenvalue weighted by atomic mass is 10.2. The van der Waals surface area contributed by atoms with Crippen molar-refractivity contribution in [1.29, 1.82) is 0 Å². The van der Waals surface area contributed by atoms with Gasteiger partial charge in [-0.05, 0) is 18.2 Å². The van der Waals surface area contributed by atoms with Crippen LogP contribution in [-0.2, 0) is 17.1 Å². The summed E-state index contributed by atoms with van der Waals surface area (Å²) in [6.07, 6.45) is 3.36. The van der Waals surface area contributed by atoms with E-state index in [1.54, 1.807) is 24.0 Å². The van der Waals surface area contributed by atoms with E-state index in [0.29, 0.717) is 18.9 Å². The maximum absolute atomic E-state index is 14.1. The van der Waals surface area contributed by atoms with Crippen LogP contribution in [0.4, 0.5) is 4.39 Å². The minimum absolute atomic E-state index is 0.155. The molecule has 1 unspecified atom stereocenters. The van der Waals surface area contributed by atoms with Crippen molar-refractivity contribution in [3.63, 3.8) is 0 Å². The quantitative estimate of drug-likeness (QED) is 0.904. The highest BCUT2D eigenvalue weighted by atomic mass is 35.5. The largest absolute Gasteiger partial charge is 0.337 e. The zero-order valence-electron chi connectivity index (χ0n) is 12.4. The molecule has 0 aliphatic carbocycles. The number of piperazine rings is 1. The Kier molecular flexibility index (Phi) is 4.41. The Morgan fingerprint density at radius 2 is 2.22 bits per heavy atom. The first-order valence-corrected chi connectivity index (χ1v) is 8.88. The van der Waals surface area contributed by atoms with E-state index >= 15 is 0 Å². The second-order valence-corrected chi connectivity index (χ2v) is 7.60. The third-order valence-corrected chi connectivity index (χ3v) is 6.01. The van der Waals surface area contributed by atoms with Crippen LogP contribution in [0.5, 0.6) is 0 Å². The van der Waals surface area contributed by atoms with Gasteiger partial charge in [-0.25, -0.2) is 17.8 Å². The van der Waals surface area contributed by atoms with Gasteiger partial charge in [0.1, 0.15) is 16.5 Å². The lowest BCUT2D eigenvalue weighted by Gasteiger charge is -2.34. The molecule has 1 fully saturated rings. The zero-order chi connectivity index (χ0) is 16.6. The molecule has 3 rings (SSSR count). The summed E-state index contributed by atoms with van der Waals surface area (Å²) in [6.45, 7) is 1.15. The molecule has 1 aromatic heterocycles. The molecular formula is C14H16ClFN4O2S. The molecule has 0 radical (unpaired) electrons. The maximum atomic E-state index is 14.1. The van der Waals surface area contributed by atoms with Crippen LogP contribution in [0.15, 0.2) is 35.5 Å². The topological polar surface area (TPSA) is 67.2 Å². The number of nitrogens with one attached hydrogen (secondary N) is 1. The molecule has 1 saturated heterocycles. The van der Waals surface area contributed by atoms with Crippen LogP contribution >= 0.6 is 11.6 Å². The summed E-state index contributed by atoms with van der Waals surface area (Å²) < 4.78 is 43.0. The van der Waals surface area contributed by atoms with Gasteiger partial charge in [0.2, 0.25) is 10.0 Å². The molecule has 1 N–H and O–H groups in total. The standard InChI is InChI=1S/C14H16ClFN4O2S/c1-19-6-5-18-14(19)12-9-17-4-7-20(12)23(21,22)13-3-2-10(15)8-11(13)16/h2-3,5-6,8,12,17H,4,7,9H2,1H3. The van der Waals surface area contributed by atoms with Crippen molar-refractivity contribution in [2.75, 3.05) is 19.6 Å². The minimum atomic E-state index is -4.00. The molecular weight excluding hydrogens is 343 g/mol. The number of hydrogen-bond acceptors (Lipinski definition) is 4. The van der Waals surface area contributed by atoms with Crippen LogP contribution in [0.3, 0.4) is 0 Å². The van der Waals surface area contributed by atoms with Crippen molar-refractivity contribution in [2.24, 2.45) is 7.05 Å². The SMILES string of the molecule is Cn1ccnc1C1CNCCN1S(=O)(=O)c1ccc(Cl)cc1F. The monoisotopic (exact) mass is 358 g/mol. The molecule has 2 heterocycles. The third-order valence-electron chi connectivity index (χ3n) is 3.83. The highest BCUT2D eigenvalue weighted by Gasteiger charge is 2.37. The van der Waals surface area contributed by atoms with Crippen molar-refractivity contribution in [3.05, 3.63) is 47.3 Å². The Bertz CT molecular complexity index is 824. The summed E-state index contributed by atoms with van der Waals surface area (Å²) in [6, 6.07) is 3.08. The Hall–Kier alpha value is -1.48. The molecule has 124 valence electrons. The average molecular weight is 359 g/mol. The van der Waals surface area contributed by atoms with Gasteiger partial charge in [0.15, 0.2) is 0 Å². The number of aryl methyl sites for hydroxylation is 1. The van der Waals surface area contributed by atoms with Gasteiger partial charge in [-0.3, -0.25) is 0 Å². The molecule has 0 spiro atoms. The van der Waals surface area contributed by atoms with Crippen LogP contribution in [0.1, 0.15) is 11.9 Å². The number of sulfonamides is 1. The maximum Gasteiger partial charge on any atom is 0.246 e. The fourth-order valence-corrected chi connectivity index (χ4v) is 4.49. The highest BCUT2D eigenvalue weighted by molar-refractivity contribution is 7.89. The molecule has 23 heavy (non-hydrogen) atoms. The zero-order valence-corrected chi connectivity index (χ0v) is 14.0. The number of hydrogen-bond donors (Lipinski definition) is 1. The Morgan fingerprint density at radius 1 is 1.43 bits per heavy atom. The van der Waals surface area contributed by atoms with Gasteiger partial charge in [-0.1, -0.05) is 11.6 Å². The number of rotatable bonds is 3. The van der Waals surface area contributed by atoms with Crippen LogP contribution in [0.25, 0.3) is 0 Å². The number of nitrogens with zero attached hydrogens (tertiary/aromatic N) is 3. The van der Waals surface area contributed by atoms with Crippen LogP contribution in [-0.4, -0.2) is 41.9 Å². The highest BCUT2D eigenvalue weighted by Crippen LogP contribution is 2.30. The molecule has 0 bridgehead atoms. The fraction of sp³-hybridized carbons (Fsp3) is 0.357. The van der Waals surface area contributed by atoms with Crippen molar-refractivity contribution >= 4 is 21.6 Å². The summed E-state index contributed by atoms with van der Waals surface area (Å²) in [4.78, 5) is 3.86. The van der Waals surface area contributed by atoms with Gasteiger partial charge in [-0.15, -0.1) is 0 Å². The first-order chi connectivity index (χ1) is 10.9. The molecule has 6 nitrogen and oxygen atoms in total. The lowest BCUT2D eigenvalue weighted by Crippen LogP contribution is -2.49. The van der Waals surface area contributed by atoms with Gasteiger partial charge >= 0.3 is 0 Å². The number of halogens is 2. The van der Waals surface area contributed by atoms with Crippen molar-refractivity contribution < 1.29 is 12.8 Å². The molecule has 9 heteroatoms. The Morgan fingerprint density at radius 3 is 2.87 bits per heavy atom. The minimum Gasteiger partial charge on any atom is -0.337 e.